The van der Waals surface area contributed by atoms with Gasteiger partial charge in [0.05, 0.1) is 19.4 Å². The van der Waals surface area contributed by atoms with Crippen LogP contribution in [0.1, 0.15) is 40.4 Å². The summed E-state index contributed by atoms with van der Waals surface area (Å²) in [6.45, 7) is 5.08. The van der Waals surface area contributed by atoms with E-state index < -0.39 is 5.91 Å². The minimum atomic E-state index is -0.548. The van der Waals surface area contributed by atoms with Crippen molar-refractivity contribution in [3.63, 3.8) is 0 Å². The lowest BCUT2D eigenvalue weighted by Crippen LogP contribution is -2.30. The number of benzene rings is 2. The van der Waals surface area contributed by atoms with E-state index in [4.69, 9.17) is 4.74 Å². The summed E-state index contributed by atoms with van der Waals surface area (Å²) in [5, 5.41) is 3.98. The molecular weight excluding hydrogens is 378 g/mol. The number of nitrogens with one attached hydrogen (secondary N) is 1. The quantitative estimate of drug-likeness (QED) is 0.460. The standard InChI is InChI=1S/C24H25N3O3/c1-3-13-30-21-10-5-8-19(15-21)16-25-26-23(28)22-11-6-12-27(24(22)29)17-20-9-4-7-18(2)14-20/h4-12,14-16H,3,13,17H2,1-2H3,(H,26,28)/b25-16-. The molecule has 154 valence electrons. The van der Waals surface area contributed by atoms with Crippen LogP contribution in [0.2, 0.25) is 0 Å². The van der Waals surface area contributed by atoms with Crippen molar-refractivity contribution < 1.29 is 9.53 Å². The van der Waals surface area contributed by atoms with Crippen LogP contribution in [0.3, 0.4) is 0 Å². The summed E-state index contributed by atoms with van der Waals surface area (Å²) < 4.78 is 7.10. The molecule has 3 rings (SSSR count). The molecule has 0 aliphatic rings. The molecule has 2 aromatic carbocycles. The molecule has 0 aliphatic carbocycles. The third-order valence-corrected chi connectivity index (χ3v) is 4.41. The van der Waals surface area contributed by atoms with E-state index in [-0.39, 0.29) is 11.1 Å². The zero-order chi connectivity index (χ0) is 21.3. The van der Waals surface area contributed by atoms with Crippen LogP contribution in [-0.2, 0) is 6.54 Å². The van der Waals surface area contributed by atoms with E-state index in [1.807, 2.05) is 62.4 Å². The number of aromatic nitrogens is 1. The van der Waals surface area contributed by atoms with E-state index in [1.54, 1.807) is 12.3 Å². The second-order valence-electron chi connectivity index (χ2n) is 6.96. The Morgan fingerprint density at radius 3 is 2.77 bits per heavy atom. The Bertz CT molecular complexity index is 1100. The molecule has 0 radical (unpaired) electrons. The van der Waals surface area contributed by atoms with Crippen molar-refractivity contribution in [2.75, 3.05) is 6.61 Å². The van der Waals surface area contributed by atoms with Gasteiger partial charge in [-0.15, -0.1) is 0 Å². The molecule has 1 aromatic heterocycles. The maximum Gasteiger partial charge on any atom is 0.276 e. The molecule has 6 nitrogen and oxygen atoms in total. The number of pyridine rings is 1. The number of amides is 1. The predicted molar refractivity (Wildman–Crippen MR) is 118 cm³/mol. The minimum Gasteiger partial charge on any atom is -0.494 e. The molecular formula is C24H25N3O3. The Balaban J connectivity index is 1.68. The first-order valence-electron chi connectivity index (χ1n) is 9.88. The highest BCUT2D eigenvalue weighted by atomic mass is 16.5. The molecule has 0 saturated heterocycles. The number of aryl methyl sites for hydroxylation is 1. The minimum absolute atomic E-state index is 0.0438. The first kappa shape index (κ1) is 21.0. The summed E-state index contributed by atoms with van der Waals surface area (Å²) in [7, 11) is 0. The van der Waals surface area contributed by atoms with Gasteiger partial charge in [0.2, 0.25) is 0 Å². The summed E-state index contributed by atoms with van der Waals surface area (Å²) in [6.07, 6.45) is 4.12. The number of rotatable bonds is 8. The molecule has 1 N–H and O–H groups in total. The fourth-order valence-corrected chi connectivity index (χ4v) is 2.97. The summed E-state index contributed by atoms with van der Waals surface area (Å²) in [4.78, 5) is 25.2. The van der Waals surface area contributed by atoms with Gasteiger partial charge in [0, 0.05) is 6.20 Å². The third kappa shape index (κ3) is 5.67. The topological polar surface area (TPSA) is 72.7 Å². The molecule has 0 bridgehead atoms. The van der Waals surface area contributed by atoms with Gasteiger partial charge in [-0.3, -0.25) is 9.59 Å². The zero-order valence-electron chi connectivity index (χ0n) is 17.2. The fraction of sp³-hybridized carbons (Fsp3) is 0.208. The molecule has 0 atom stereocenters. The van der Waals surface area contributed by atoms with Gasteiger partial charge in [-0.1, -0.05) is 48.9 Å². The Kier molecular flexibility index (Phi) is 7.16. The van der Waals surface area contributed by atoms with E-state index in [2.05, 4.69) is 10.5 Å². The lowest BCUT2D eigenvalue weighted by Gasteiger charge is -2.08. The molecule has 0 saturated carbocycles. The second-order valence-corrected chi connectivity index (χ2v) is 6.96. The van der Waals surface area contributed by atoms with Crippen molar-refractivity contribution >= 4 is 12.1 Å². The number of nitrogens with zero attached hydrogens (tertiary/aromatic N) is 2. The lowest BCUT2D eigenvalue weighted by molar-refractivity contribution is 0.0953. The lowest BCUT2D eigenvalue weighted by atomic mass is 10.1. The van der Waals surface area contributed by atoms with E-state index in [9.17, 15) is 9.59 Å². The molecule has 3 aromatic rings. The van der Waals surface area contributed by atoms with Gasteiger partial charge in [-0.2, -0.15) is 5.10 Å². The monoisotopic (exact) mass is 403 g/mol. The van der Waals surface area contributed by atoms with E-state index in [1.165, 1.54) is 16.8 Å². The zero-order valence-corrected chi connectivity index (χ0v) is 17.2. The van der Waals surface area contributed by atoms with Crippen molar-refractivity contribution in [1.82, 2.24) is 9.99 Å². The fourth-order valence-electron chi connectivity index (χ4n) is 2.97. The van der Waals surface area contributed by atoms with Crippen molar-refractivity contribution in [2.24, 2.45) is 5.10 Å². The van der Waals surface area contributed by atoms with Crippen LogP contribution in [0.5, 0.6) is 5.75 Å². The molecule has 1 amide bonds. The number of ether oxygens (including phenoxy) is 1. The highest BCUT2D eigenvalue weighted by Crippen LogP contribution is 2.12. The van der Waals surface area contributed by atoms with Crippen molar-refractivity contribution in [3.05, 3.63) is 99.5 Å². The first-order chi connectivity index (χ1) is 14.6. The molecule has 0 spiro atoms. The van der Waals surface area contributed by atoms with Gasteiger partial charge in [0.15, 0.2) is 0 Å². The third-order valence-electron chi connectivity index (χ3n) is 4.41. The van der Waals surface area contributed by atoms with Gasteiger partial charge >= 0.3 is 0 Å². The Hall–Kier alpha value is -3.67. The average Bonchev–Trinajstić information content (AvgIpc) is 2.74. The van der Waals surface area contributed by atoms with Crippen LogP contribution in [0.15, 0.2) is 76.8 Å². The molecule has 6 heteroatoms. The average molecular weight is 403 g/mol. The van der Waals surface area contributed by atoms with Crippen molar-refractivity contribution in [1.29, 1.82) is 0 Å². The van der Waals surface area contributed by atoms with Crippen molar-refractivity contribution in [2.45, 2.75) is 26.8 Å². The number of hydrazone groups is 1. The molecule has 0 aliphatic heterocycles. The summed E-state index contributed by atoms with van der Waals surface area (Å²) in [6, 6.07) is 18.5. The van der Waals surface area contributed by atoms with Crippen LogP contribution in [0.4, 0.5) is 0 Å². The number of hydrogen-bond donors (Lipinski definition) is 1. The Morgan fingerprint density at radius 1 is 1.13 bits per heavy atom. The van der Waals surface area contributed by atoms with Crippen LogP contribution in [-0.4, -0.2) is 23.3 Å². The summed E-state index contributed by atoms with van der Waals surface area (Å²) >= 11 is 0. The smallest absolute Gasteiger partial charge is 0.276 e. The normalized spacial score (nSPS) is 10.9. The van der Waals surface area contributed by atoms with Crippen LogP contribution in [0.25, 0.3) is 0 Å². The maximum absolute atomic E-state index is 12.7. The molecule has 0 unspecified atom stereocenters. The van der Waals surface area contributed by atoms with E-state index >= 15 is 0 Å². The maximum atomic E-state index is 12.7. The Morgan fingerprint density at radius 2 is 1.97 bits per heavy atom. The van der Waals surface area contributed by atoms with Gasteiger partial charge in [0.25, 0.3) is 11.5 Å². The summed E-state index contributed by atoms with van der Waals surface area (Å²) in [5.74, 6) is 0.197. The van der Waals surface area contributed by atoms with E-state index in [0.29, 0.717) is 13.2 Å². The second kappa shape index (κ2) is 10.2. The van der Waals surface area contributed by atoms with Crippen molar-refractivity contribution in [3.8, 4) is 5.75 Å². The number of hydrogen-bond acceptors (Lipinski definition) is 4. The summed E-state index contributed by atoms with van der Waals surface area (Å²) in [5.41, 5.74) is 5.01. The van der Waals surface area contributed by atoms with Gasteiger partial charge in [-0.05, 0) is 48.7 Å². The SMILES string of the molecule is CCCOc1cccc(/C=N\NC(=O)c2cccn(Cc3cccc(C)c3)c2=O)c1. The van der Waals surface area contributed by atoms with Gasteiger partial charge in [0.1, 0.15) is 11.3 Å². The molecule has 1 heterocycles. The number of carbonyl (C=O) groups is 1. The van der Waals surface area contributed by atoms with E-state index in [0.717, 1.165) is 28.9 Å². The van der Waals surface area contributed by atoms with Crippen LogP contribution < -0.4 is 15.7 Å². The van der Waals surface area contributed by atoms with Crippen LogP contribution in [0, 0.1) is 6.92 Å². The van der Waals surface area contributed by atoms with Crippen LogP contribution >= 0.6 is 0 Å². The van der Waals surface area contributed by atoms with Gasteiger partial charge < -0.3 is 9.30 Å². The number of carbonyl (C=O) groups excluding carboxylic acids is 1. The highest BCUT2D eigenvalue weighted by molar-refractivity contribution is 5.94. The predicted octanol–water partition coefficient (Wildman–Crippen LogP) is 3.76. The molecule has 0 fully saturated rings. The highest BCUT2D eigenvalue weighted by Gasteiger charge is 2.11. The molecule has 30 heavy (non-hydrogen) atoms. The first-order valence-corrected chi connectivity index (χ1v) is 9.88. The largest absolute Gasteiger partial charge is 0.494 e. The van der Waals surface area contributed by atoms with Gasteiger partial charge in [-0.25, -0.2) is 5.43 Å². The Labute approximate surface area is 175 Å².